The fraction of sp³-hybridized carbons (Fsp3) is 0.579. The Labute approximate surface area is 150 Å². The molecule has 0 aliphatic carbocycles. The molecule has 1 aromatic rings. The minimum Gasteiger partial charge on any atom is -0.445 e. The van der Waals surface area contributed by atoms with Gasteiger partial charge in [-0.2, -0.15) is 0 Å². The zero-order valence-corrected chi connectivity index (χ0v) is 16.0. The summed E-state index contributed by atoms with van der Waals surface area (Å²) >= 11 is 0. The average molecular weight is 350 g/mol. The fourth-order valence-electron chi connectivity index (χ4n) is 1.98. The second kappa shape index (κ2) is 8.74. The summed E-state index contributed by atoms with van der Waals surface area (Å²) in [6.45, 7) is 11.8. The highest BCUT2D eigenvalue weighted by Crippen LogP contribution is 2.19. The number of nitrogens with one attached hydrogen (secondary N) is 2. The van der Waals surface area contributed by atoms with Gasteiger partial charge in [-0.25, -0.2) is 9.59 Å². The number of hydrogen-bond donors (Lipinski definition) is 2. The van der Waals surface area contributed by atoms with Crippen LogP contribution in [0, 0.1) is 5.41 Å². The van der Waals surface area contributed by atoms with Crippen LogP contribution in [-0.4, -0.2) is 30.4 Å². The normalized spacial score (nSPS) is 12.9. The van der Waals surface area contributed by atoms with E-state index in [0.717, 1.165) is 5.56 Å². The van der Waals surface area contributed by atoms with Crippen LogP contribution in [0.4, 0.5) is 9.59 Å². The summed E-state index contributed by atoms with van der Waals surface area (Å²) in [5, 5.41) is 5.51. The molecule has 0 unspecified atom stereocenters. The predicted octanol–water partition coefficient (Wildman–Crippen LogP) is 3.85. The van der Waals surface area contributed by atoms with Crippen LogP contribution in [0.3, 0.4) is 0 Å². The molecule has 1 atom stereocenters. The molecule has 0 radical (unpaired) electrons. The van der Waals surface area contributed by atoms with Crippen molar-refractivity contribution >= 4 is 12.2 Å². The van der Waals surface area contributed by atoms with Gasteiger partial charge in [-0.15, -0.1) is 0 Å². The molecule has 2 amide bonds. The van der Waals surface area contributed by atoms with Gasteiger partial charge in [0.05, 0.1) is 6.04 Å². The van der Waals surface area contributed by atoms with E-state index < -0.39 is 17.8 Å². The van der Waals surface area contributed by atoms with Gasteiger partial charge in [-0.05, 0) is 31.7 Å². The van der Waals surface area contributed by atoms with Gasteiger partial charge in [0.15, 0.2) is 0 Å². The first kappa shape index (κ1) is 20.8. The van der Waals surface area contributed by atoms with Crippen LogP contribution in [0.15, 0.2) is 30.3 Å². The molecule has 0 heterocycles. The lowest BCUT2D eigenvalue weighted by molar-refractivity contribution is 0.0461. The monoisotopic (exact) mass is 350 g/mol. The van der Waals surface area contributed by atoms with E-state index in [2.05, 4.69) is 10.6 Å². The number of ether oxygens (including phenoxy) is 2. The topological polar surface area (TPSA) is 76.7 Å². The average Bonchev–Trinajstić information content (AvgIpc) is 2.47. The third kappa shape index (κ3) is 8.98. The van der Waals surface area contributed by atoms with Crippen LogP contribution in [0.5, 0.6) is 0 Å². The van der Waals surface area contributed by atoms with Gasteiger partial charge >= 0.3 is 12.2 Å². The lowest BCUT2D eigenvalue weighted by Gasteiger charge is -2.32. The van der Waals surface area contributed by atoms with E-state index in [1.807, 2.05) is 51.1 Å². The molecule has 0 fully saturated rings. The second-order valence-electron chi connectivity index (χ2n) is 8.01. The highest BCUT2D eigenvalue weighted by Gasteiger charge is 2.28. The number of carbonyl (C=O) groups is 2. The Kier molecular flexibility index (Phi) is 7.27. The van der Waals surface area contributed by atoms with Crippen LogP contribution in [-0.2, 0) is 16.1 Å². The fourth-order valence-corrected chi connectivity index (χ4v) is 1.98. The standard InChI is InChI=1S/C19H30N2O4/c1-18(2,3)15(21-17(23)25-19(4,5)6)12-20-16(22)24-13-14-10-8-7-9-11-14/h7-11,15H,12-13H2,1-6H3,(H,20,22)(H,21,23)/t15-/m1/s1. The maximum absolute atomic E-state index is 12.0. The van der Waals surface area contributed by atoms with Crippen LogP contribution in [0.25, 0.3) is 0 Å². The second-order valence-corrected chi connectivity index (χ2v) is 8.01. The molecule has 1 aromatic carbocycles. The summed E-state index contributed by atoms with van der Waals surface area (Å²) in [6.07, 6.45) is -1.03. The first-order valence-corrected chi connectivity index (χ1v) is 8.41. The van der Waals surface area contributed by atoms with Crippen molar-refractivity contribution < 1.29 is 19.1 Å². The van der Waals surface area contributed by atoms with E-state index in [1.54, 1.807) is 20.8 Å². The lowest BCUT2D eigenvalue weighted by Crippen LogP contribution is -2.51. The minimum atomic E-state index is -0.575. The van der Waals surface area contributed by atoms with Crippen molar-refractivity contribution in [2.24, 2.45) is 5.41 Å². The maximum Gasteiger partial charge on any atom is 0.407 e. The third-order valence-electron chi connectivity index (χ3n) is 3.40. The van der Waals surface area contributed by atoms with E-state index in [-0.39, 0.29) is 24.6 Å². The van der Waals surface area contributed by atoms with Crippen LogP contribution >= 0.6 is 0 Å². The Morgan fingerprint density at radius 2 is 1.60 bits per heavy atom. The van der Waals surface area contributed by atoms with E-state index in [9.17, 15) is 9.59 Å². The molecule has 6 heteroatoms. The predicted molar refractivity (Wildman–Crippen MR) is 97.2 cm³/mol. The molecule has 2 N–H and O–H groups in total. The quantitative estimate of drug-likeness (QED) is 0.845. The molecular weight excluding hydrogens is 320 g/mol. The molecule has 140 valence electrons. The van der Waals surface area contributed by atoms with E-state index in [4.69, 9.17) is 9.47 Å². The van der Waals surface area contributed by atoms with E-state index >= 15 is 0 Å². The Bertz CT molecular complexity index is 559. The maximum atomic E-state index is 12.0. The van der Waals surface area contributed by atoms with Gasteiger partial charge in [-0.3, -0.25) is 0 Å². The third-order valence-corrected chi connectivity index (χ3v) is 3.40. The minimum absolute atomic E-state index is 0.201. The summed E-state index contributed by atoms with van der Waals surface area (Å²) in [5.74, 6) is 0. The van der Waals surface area contributed by atoms with Crippen LogP contribution in [0.2, 0.25) is 0 Å². The Hall–Kier alpha value is -2.24. The van der Waals surface area contributed by atoms with Crippen molar-refractivity contribution in [3.63, 3.8) is 0 Å². The van der Waals surface area contributed by atoms with Crippen LogP contribution < -0.4 is 10.6 Å². The van der Waals surface area contributed by atoms with Crippen molar-refractivity contribution in [3.8, 4) is 0 Å². The molecule has 0 bridgehead atoms. The molecule has 6 nitrogen and oxygen atoms in total. The van der Waals surface area contributed by atoms with Gasteiger partial charge in [0.1, 0.15) is 12.2 Å². The Balaban J connectivity index is 2.50. The van der Waals surface area contributed by atoms with Crippen molar-refractivity contribution in [2.45, 2.75) is 59.8 Å². The van der Waals surface area contributed by atoms with E-state index in [0.29, 0.717) is 0 Å². The molecule has 0 saturated carbocycles. The Morgan fingerprint density at radius 3 is 2.12 bits per heavy atom. The summed E-state index contributed by atoms with van der Waals surface area (Å²) in [6, 6.07) is 9.14. The SMILES string of the molecule is CC(C)(C)OC(=O)N[C@H](CNC(=O)OCc1ccccc1)C(C)(C)C. The van der Waals surface area contributed by atoms with Gasteiger partial charge in [0.2, 0.25) is 0 Å². The lowest BCUT2D eigenvalue weighted by atomic mass is 9.87. The van der Waals surface area contributed by atoms with Crippen molar-refractivity contribution in [2.75, 3.05) is 6.54 Å². The molecule has 0 spiro atoms. The van der Waals surface area contributed by atoms with E-state index in [1.165, 1.54) is 0 Å². The first-order chi connectivity index (χ1) is 11.5. The van der Waals surface area contributed by atoms with Crippen molar-refractivity contribution in [1.82, 2.24) is 10.6 Å². The zero-order valence-electron chi connectivity index (χ0n) is 16.0. The van der Waals surface area contributed by atoms with Gasteiger partial charge < -0.3 is 20.1 Å². The number of carbonyl (C=O) groups excluding carboxylic acids is 2. The largest absolute Gasteiger partial charge is 0.445 e. The summed E-state index contributed by atoms with van der Waals surface area (Å²) in [7, 11) is 0. The number of alkyl carbamates (subject to hydrolysis) is 2. The number of benzene rings is 1. The summed E-state index contributed by atoms with van der Waals surface area (Å²) in [4.78, 5) is 23.9. The molecule has 0 aliphatic heterocycles. The van der Waals surface area contributed by atoms with Gasteiger partial charge in [0, 0.05) is 6.54 Å². The molecule has 0 aromatic heterocycles. The van der Waals surface area contributed by atoms with Crippen molar-refractivity contribution in [1.29, 1.82) is 0 Å². The van der Waals surface area contributed by atoms with Crippen molar-refractivity contribution in [3.05, 3.63) is 35.9 Å². The zero-order chi connectivity index (χ0) is 19.1. The Morgan fingerprint density at radius 1 is 1.00 bits per heavy atom. The molecule has 0 aliphatic rings. The number of rotatable bonds is 5. The van der Waals surface area contributed by atoms with Crippen LogP contribution in [0.1, 0.15) is 47.1 Å². The summed E-state index contributed by atoms with van der Waals surface area (Å²) < 4.78 is 10.5. The number of amides is 2. The van der Waals surface area contributed by atoms with Gasteiger partial charge in [-0.1, -0.05) is 51.1 Å². The van der Waals surface area contributed by atoms with Gasteiger partial charge in [0.25, 0.3) is 0 Å². The number of hydrogen-bond acceptors (Lipinski definition) is 4. The molecule has 1 rings (SSSR count). The molecule has 25 heavy (non-hydrogen) atoms. The highest BCUT2D eigenvalue weighted by atomic mass is 16.6. The molecule has 0 saturated heterocycles. The smallest absolute Gasteiger partial charge is 0.407 e. The highest BCUT2D eigenvalue weighted by molar-refractivity contribution is 5.69. The summed E-state index contributed by atoms with van der Waals surface area (Å²) in [5.41, 5.74) is 0.0787. The first-order valence-electron chi connectivity index (χ1n) is 8.41. The molecular formula is C19H30N2O4.